The highest BCUT2D eigenvalue weighted by molar-refractivity contribution is 6.36. The number of H-pyrrole nitrogens is 2. The molecule has 0 atom stereocenters. The van der Waals surface area contributed by atoms with Crippen LogP contribution in [0.2, 0.25) is 0 Å². The minimum Gasteiger partial charge on any atom is -0.494 e. The fourth-order valence-electron chi connectivity index (χ4n) is 7.83. The number of aromatic hydroxyl groups is 1. The highest BCUT2D eigenvalue weighted by atomic mass is 16.3. The van der Waals surface area contributed by atoms with E-state index in [1.807, 2.05) is 20.6 Å². The Morgan fingerprint density at radius 3 is 1.30 bits per heavy atom. The molecule has 2 aliphatic heterocycles. The van der Waals surface area contributed by atoms with Crippen LogP contribution in [-0.2, 0) is 9.59 Å². The number of nitrogen functional groups attached to an aromatic ring is 2. The Bertz CT molecular complexity index is 3170. The number of anilines is 2. The van der Waals surface area contributed by atoms with Crippen LogP contribution in [0.4, 0.5) is 16.2 Å². The lowest BCUT2D eigenvalue weighted by Crippen LogP contribution is -2.51. The number of benzene rings is 5. The Balaban J connectivity index is 0.000000161. The van der Waals surface area contributed by atoms with Crippen molar-refractivity contribution in [3.63, 3.8) is 0 Å². The van der Waals surface area contributed by atoms with Gasteiger partial charge < -0.3 is 16.6 Å². The highest BCUT2D eigenvalue weighted by Gasteiger charge is 2.39. The molecule has 3 heterocycles. The van der Waals surface area contributed by atoms with Gasteiger partial charge in [-0.15, -0.1) is 0 Å². The Labute approximate surface area is 340 Å². The summed E-state index contributed by atoms with van der Waals surface area (Å²) in [5.74, 6) is -4.06. The molecule has 0 bridgehead atoms. The summed E-state index contributed by atoms with van der Waals surface area (Å²) in [4.78, 5) is 121. The van der Waals surface area contributed by atoms with E-state index in [2.05, 4.69) is 4.99 Å². The van der Waals surface area contributed by atoms with E-state index in [4.69, 9.17) is 11.5 Å². The van der Waals surface area contributed by atoms with Crippen LogP contribution in [0.25, 0.3) is 16.8 Å². The van der Waals surface area contributed by atoms with Gasteiger partial charge >= 0.3 is 11.7 Å². The molecular formula is C44H25N7O10. The van der Waals surface area contributed by atoms with Crippen LogP contribution in [0.5, 0.6) is 5.88 Å². The van der Waals surface area contributed by atoms with Gasteiger partial charge in [-0.3, -0.25) is 54.2 Å². The van der Waals surface area contributed by atoms with Gasteiger partial charge in [0.2, 0.25) is 5.88 Å². The molecule has 1 fully saturated rings. The Morgan fingerprint density at radius 2 is 0.852 bits per heavy atom. The molecular weight excluding hydrogens is 787 g/mol. The lowest BCUT2D eigenvalue weighted by atomic mass is 9.76. The van der Waals surface area contributed by atoms with Gasteiger partial charge in [0.15, 0.2) is 23.1 Å². The van der Waals surface area contributed by atoms with Crippen LogP contribution >= 0.6 is 0 Å². The second kappa shape index (κ2) is 13.8. The van der Waals surface area contributed by atoms with E-state index in [0.717, 1.165) is 0 Å². The van der Waals surface area contributed by atoms with E-state index in [1.165, 1.54) is 0 Å². The van der Waals surface area contributed by atoms with E-state index in [9.17, 15) is 48.3 Å². The van der Waals surface area contributed by atoms with Crippen LogP contribution in [-0.4, -0.2) is 61.8 Å². The number of hydrogen-bond donors (Lipinski definition) is 7. The molecule has 1 aromatic heterocycles. The Kier molecular flexibility index (Phi) is 8.46. The zero-order chi connectivity index (χ0) is 43.0. The van der Waals surface area contributed by atoms with Gasteiger partial charge in [0.25, 0.3) is 17.4 Å². The van der Waals surface area contributed by atoms with Gasteiger partial charge in [-0.25, -0.2) is 14.6 Å². The van der Waals surface area contributed by atoms with Gasteiger partial charge in [-0.05, 0) is 23.3 Å². The average molecular weight is 812 g/mol. The first-order valence-corrected chi connectivity index (χ1v) is 18.1. The van der Waals surface area contributed by atoms with Crippen molar-refractivity contribution in [2.24, 2.45) is 4.99 Å². The van der Waals surface area contributed by atoms with E-state index in [-0.39, 0.29) is 96.0 Å². The van der Waals surface area contributed by atoms with Gasteiger partial charge in [0, 0.05) is 55.9 Å². The van der Waals surface area contributed by atoms with Crippen LogP contribution in [0, 0.1) is 0 Å². The molecule has 61 heavy (non-hydrogen) atoms. The monoisotopic (exact) mass is 811 g/mol. The number of nitrogens with zero attached hydrogens (tertiary/aromatic N) is 1. The van der Waals surface area contributed by atoms with Crippen LogP contribution in [0.15, 0.2) is 117 Å². The molecule has 0 radical (unpaired) electrons. The summed E-state index contributed by atoms with van der Waals surface area (Å²) < 4.78 is 0. The van der Waals surface area contributed by atoms with Crippen molar-refractivity contribution in [1.29, 1.82) is 0 Å². The molecule has 4 aliphatic rings. The number of aliphatic imine (C=N–C) groups is 1. The molecule has 5 aromatic carbocycles. The quantitative estimate of drug-likeness (QED) is 0.0754. The number of rotatable bonds is 2. The maximum absolute atomic E-state index is 13.6. The smallest absolute Gasteiger partial charge is 0.328 e. The lowest BCUT2D eigenvalue weighted by molar-refractivity contribution is -0.123. The molecule has 10 rings (SSSR count). The molecule has 17 heteroatoms. The molecule has 0 unspecified atom stereocenters. The molecule has 9 N–H and O–H groups in total. The van der Waals surface area contributed by atoms with Gasteiger partial charge in [-0.2, -0.15) is 0 Å². The molecule has 6 aromatic rings. The summed E-state index contributed by atoms with van der Waals surface area (Å²) in [6.07, 6.45) is 0. The number of barbiturate groups is 1. The Morgan fingerprint density at radius 1 is 0.443 bits per heavy atom. The molecule has 296 valence electrons. The predicted molar refractivity (Wildman–Crippen MR) is 217 cm³/mol. The van der Waals surface area contributed by atoms with Crippen LogP contribution in [0.3, 0.4) is 0 Å². The van der Waals surface area contributed by atoms with Gasteiger partial charge in [-0.1, -0.05) is 84.9 Å². The van der Waals surface area contributed by atoms with Crippen molar-refractivity contribution in [1.82, 2.24) is 20.6 Å². The molecule has 1 saturated heterocycles. The number of aromatic amines is 2. The molecule has 0 saturated carbocycles. The number of imide groups is 2. The van der Waals surface area contributed by atoms with Crippen molar-refractivity contribution in [3.05, 3.63) is 185 Å². The van der Waals surface area contributed by atoms with Crippen molar-refractivity contribution in [2.45, 2.75) is 0 Å². The number of hydrogen-bond acceptors (Lipinski definition) is 13. The third-order valence-electron chi connectivity index (χ3n) is 10.5. The average Bonchev–Trinajstić information content (AvgIpc) is 3.59. The van der Waals surface area contributed by atoms with Crippen molar-refractivity contribution < 1.29 is 38.7 Å². The minimum absolute atomic E-state index is 0.0411. The largest absolute Gasteiger partial charge is 0.494 e. The summed E-state index contributed by atoms with van der Waals surface area (Å²) in [6.45, 7) is 0. The number of fused-ring (bicyclic) bond motifs is 5. The first-order chi connectivity index (χ1) is 29.3. The first kappa shape index (κ1) is 37.5. The third-order valence-corrected chi connectivity index (χ3v) is 10.5. The van der Waals surface area contributed by atoms with Gasteiger partial charge in [0.1, 0.15) is 11.1 Å². The summed E-state index contributed by atoms with van der Waals surface area (Å²) >= 11 is 0. The normalized spacial score (nSPS) is 14.8. The summed E-state index contributed by atoms with van der Waals surface area (Å²) in [5, 5.41) is 13.9. The van der Waals surface area contributed by atoms with Crippen molar-refractivity contribution in [2.75, 3.05) is 11.5 Å². The number of carbonyl (C=O) groups is 7. The maximum Gasteiger partial charge on any atom is 0.328 e. The van der Waals surface area contributed by atoms with Gasteiger partial charge in [0.05, 0.1) is 22.5 Å². The second-order valence-corrected chi connectivity index (χ2v) is 13.9. The number of urea groups is 1. The fourth-order valence-corrected chi connectivity index (χ4v) is 7.83. The SMILES string of the molecule is Nc1ccc(-c2ccc(N)c3c2C(=O)c2ccccc2C3=O)c2c1C(=O)c1ccccc1C2=O.O=C1NC(=O)C(=C2N=C(c3c(O)[nH]c(=O)[nH]c3=O)c3ccccc32)C(=O)N1. The lowest BCUT2D eigenvalue weighted by Gasteiger charge is -2.25. The molecule has 2 aliphatic carbocycles. The van der Waals surface area contributed by atoms with Crippen molar-refractivity contribution in [3.8, 4) is 17.0 Å². The van der Waals surface area contributed by atoms with Crippen molar-refractivity contribution >= 4 is 63.8 Å². The number of nitrogens with one attached hydrogen (secondary N) is 4. The summed E-state index contributed by atoms with van der Waals surface area (Å²) in [7, 11) is 0. The first-order valence-electron chi connectivity index (χ1n) is 18.1. The summed E-state index contributed by atoms with van der Waals surface area (Å²) in [6, 6.07) is 24.8. The fraction of sp³-hybridized carbons (Fsp3) is 0. The topological polar surface area (TPSA) is 294 Å². The predicted octanol–water partition coefficient (Wildman–Crippen LogP) is 2.77. The molecule has 4 amide bonds. The molecule has 0 spiro atoms. The van der Waals surface area contributed by atoms with E-state index in [1.54, 1.807) is 97.1 Å². The van der Waals surface area contributed by atoms with E-state index in [0.29, 0.717) is 22.3 Å². The zero-order valence-electron chi connectivity index (χ0n) is 31.0. The van der Waals surface area contributed by atoms with Crippen LogP contribution in [0.1, 0.15) is 80.4 Å². The number of ketones is 4. The van der Waals surface area contributed by atoms with E-state index < -0.39 is 40.5 Å². The van der Waals surface area contributed by atoms with Crippen LogP contribution < -0.4 is 33.3 Å². The maximum atomic E-state index is 13.6. The standard InChI is InChI=1S/C28H16N2O4.C16H9N5O6/c29-19-11-9-13(21-23(19)27(33)17-7-3-1-5-15(17)25(21)31)14-10-12-20(30)24-22(14)26(32)16-6-2-4-8-18(16)28(24)34;22-11-7(12(23)19-15(26)18-11)9-5-3-1-2-4-6(5)10(17-9)8-13(24)20-16(27)21-14(8)25/h1-12H,29-30H2;1-4H,(H2,18,19,22,23,26)(H3,20,21,24,25,27). The third kappa shape index (κ3) is 5.71. The zero-order valence-corrected chi connectivity index (χ0v) is 31.0. The number of carbonyl (C=O) groups excluding carboxylic acids is 7. The molecule has 17 nitrogen and oxygen atoms in total. The Hall–Kier alpha value is -9.12. The second-order valence-electron chi connectivity index (χ2n) is 13.9. The minimum atomic E-state index is -0.959. The number of aromatic nitrogens is 2. The van der Waals surface area contributed by atoms with E-state index >= 15 is 0 Å². The summed E-state index contributed by atoms with van der Waals surface area (Å²) in [5.41, 5.74) is 12.9. The highest BCUT2D eigenvalue weighted by Crippen LogP contribution is 2.43. The number of nitrogens with two attached hydrogens (primary N) is 2. The number of amides is 4.